The van der Waals surface area contributed by atoms with Crippen LogP contribution in [0.5, 0.6) is 0 Å². The molecule has 0 saturated heterocycles. The summed E-state index contributed by atoms with van der Waals surface area (Å²) >= 11 is 4.37. The van der Waals surface area contributed by atoms with Crippen molar-refractivity contribution >= 4 is 12.6 Å². The molecule has 0 atom stereocenters. The molecule has 0 N–H and O–H groups in total. The molecule has 0 aliphatic carbocycles. The predicted molar refractivity (Wildman–Crippen MR) is 62.9 cm³/mol. The van der Waals surface area contributed by atoms with Gasteiger partial charge in [-0.3, -0.25) is 4.90 Å². The molecule has 0 bridgehead atoms. The Kier molecular flexibility index (Phi) is 2.84. The molecule has 0 unspecified atom stereocenters. The summed E-state index contributed by atoms with van der Waals surface area (Å²) in [4.78, 5) is 3.60. The third kappa shape index (κ3) is 1.96. The van der Waals surface area contributed by atoms with E-state index in [0.717, 1.165) is 11.4 Å². The summed E-state index contributed by atoms with van der Waals surface area (Å²) < 4.78 is 0. The highest BCUT2D eigenvalue weighted by Gasteiger charge is 2.17. The van der Waals surface area contributed by atoms with Crippen LogP contribution in [0.25, 0.3) is 0 Å². The topological polar surface area (TPSA) is 3.24 Å². The van der Waals surface area contributed by atoms with Crippen molar-refractivity contribution in [1.29, 1.82) is 0 Å². The Hall–Kier alpha value is -0.470. The molecule has 0 amide bonds. The monoisotopic (exact) mass is 207 g/mol. The first-order valence-electron chi connectivity index (χ1n) is 5.21. The number of hydrogen-bond donors (Lipinski definition) is 1. The molecule has 76 valence electrons. The van der Waals surface area contributed by atoms with Crippen molar-refractivity contribution in [2.24, 2.45) is 0 Å². The van der Waals surface area contributed by atoms with Gasteiger partial charge in [-0.1, -0.05) is 6.07 Å². The summed E-state index contributed by atoms with van der Waals surface area (Å²) in [6.07, 6.45) is 1.17. The van der Waals surface area contributed by atoms with Gasteiger partial charge in [-0.2, -0.15) is 0 Å². The molecule has 1 aromatic rings. The van der Waals surface area contributed by atoms with Crippen LogP contribution in [0.15, 0.2) is 23.1 Å². The van der Waals surface area contributed by atoms with Crippen molar-refractivity contribution in [3.05, 3.63) is 29.3 Å². The lowest BCUT2D eigenvalue weighted by atomic mass is 9.99. The van der Waals surface area contributed by atoms with Crippen LogP contribution >= 0.6 is 12.6 Å². The van der Waals surface area contributed by atoms with Gasteiger partial charge in [-0.05, 0) is 43.5 Å². The molecule has 0 spiro atoms. The van der Waals surface area contributed by atoms with Crippen molar-refractivity contribution in [3.63, 3.8) is 0 Å². The molecule has 0 aromatic heterocycles. The Morgan fingerprint density at radius 2 is 2.07 bits per heavy atom. The van der Waals surface area contributed by atoms with E-state index >= 15 is 0 Å². The number of nitrogens with zero attached hydrogens (tertiary/aromatic N) is 1. The average molecular weight is 207 g/mol. The summed E-state index contributed by atoms with van der Waals surface area (Å²) in [5, 5.41) is 0. The van der Waals surface area contributed by atoms with Gasteiger partial charge in [-0.25, -0.2) is 0 Å². The smallest absolute Gasteiger partial charge is 0.0239 e. The van der Waals surface area contributed by atoms with Crippen molar-refractivity contribution in [1.82, 2.24) is 4.90 Å². The van der Waals surface area contributed by atoms with Crippen LogP contribution in [-0.2, 0) is 13.0 Å². The highest BCUT2D eigenvalue weighted by molar-refractivity contribution is 7.80. The molecule has 1 aliphatic heterocycles. The summed E-state index contributed by atoms with van der Waals surface area (Å²) in [5.74, 6) is 0. The number of thiol groups is 1. The summed E-state index contributed by atoms with van der Waals surface area (Å²) in [6.45, 7) is 6.80. The minimum Gasteiger partial charge on any atom is -0.296 e. The standard InChI is InChI=1S/C12H17NS/c1-9(2)13-6-5-10-7-12(14)4-3-11(10)8-13/h3-4,7,9,14H,5-6,8H2,1-2H3. The Morgan fingerprint density at radius 3 is 2.79 bits per heavy atom. The van der Waals surface area contributed by atoms with E-state index in [0.29, 0.717) is 6.04 Å². The quantitative estimate of drug-likeness (QED) is 0.693. The molecule has 0 radical (unpaired) electrons. The predicted octanol–water partition coefficient (Wildman–Crippen LogP) is 2.74. The molecular formula is C12H17NS. The second-order valence-corrected chi connectivity index (χ2v) is 4.78. The van der Waals surface area contributed by atoms with Gasteiger partial charge in [0, 0.05) is 24.0 Å². The minimum atomic E-state index is 0.652. The Labute approximate surface area is 91.5 Å². The Balaban J connectivity index is 2.23. The van der Waals surface area contributed by atoms with Crippen LogP contribution in [0.1, 0.15) is 25.0 Å². The van der Waals surface area contributed by atoms with Gasteiger partial charge in [0.05, 0.1) is 0 Å². The Morgan fingerprint density at radius 1 is 1.29 bits per heavy atom. The number of rotatable bonds is 1. The zero-order chi connectivity index (χ0) is 10.1. The van der Waals surface area contributed by atoms with Crippen LogP contribution in [-0.4, -0.2) is 17.5 Å². The van der Waals surface area contributed by atoms with E-state index in [2.05, 4.69) is 49.6 Å². The molecule has 2 rings (SSSR count). The lowest BCUT2D eigenvalue weighted by Gasteiger charge is -2.31. The normalized spacial score (nSPS) is 17.1. The largest absolute Gasteiger partial charge is 0.296 e. The second-order valence-electron chi connectivity index (χ2n) is 4.27. The first-order chi connectivity index (χ1) is 6.66. The fourth-order valence-corrected chi connectivity index (χ4v) is 2.23. The maximum atomic E-state index is 4.37. The highest BCUT2D eigenvalue weighted by atomic mass is 32.1. The number of fused-ring (bicyclic) bond motifs is 1. The molecular weight excluding hydrogens is 190 g/mol. The van der Waals surface area contributed by atoms with Gasteiger partial charge < -0.3 is 0 Å². The first-order valence-corrected chi connectivity index (χ1v) is 5.66. The molecule has 14 heavy (non-hydrogen) atoms. The van der Waals surface area contributed by atoms with Gasteiger partial charge in [0.1, 0.15) is 0 Å². The number of hydrogen-bond acceptors (Lipinski definition) is 2. The summed E-state index contributed by atoms with van der Waals surface area (Å²) in [7, 11) is 0. The fourth-order valence-electron chi connectivity index (χ4n) is 2.00. The minimum absolute atomic E-state index is 0.652. The van der Waals surface area contributed by atoms with Gasteiger partial charge in [-0.15, -0.1) is 12.6 Å². The van der Waals surface area contributed by atoms with E-state index in [-0.39, 0.29) is 0 Å². The van der Waals surface area contributed by atoms with Crippen molar-refractivity contribution in [2.45, 2.75) is 37.8 Å². The van der Waals surface area contributed by atoms with Crippen molar-refractivity contribution in [2.75, 3.05) is 6.54 Å². The molecule has 1 heterocycles. The van der Waals surface area contributed by atoms with Crippen molar-refractivity contribution in [3.8, 4) is 0 Å². The van der Waals surface area contributed by atoms with E-state index in [1.54, 1.807) is 0 Å². The lowest BCUT2D eigenvalue weighted by Crippen LogP contribution is -2.35. The van der Waals surface area contributed by atoms with Crippen LogP contribution in [0.4, 0.5) is 0 Å². The van der Waals surface area contributed by atoms with E-state index in [4.69, 9.17) is 0 Å². The third-order valence-corrected chi connectivity index (χ3v) is 3.24. The lowest BCUT2D eigenvalue weighted by molar-refractivity contribution is 0.203. The molecule has 1 aromatic carbocycles. The van der Waals surface area contributed by atoms with Gasteiger partial charge in [0.25, 0.3) is 0 Å². The highest BCUT2D eigenvalue weighted by Crippen LogP contribution is 2.22. The summed E-state index contributed by atoms with van der Waals surface area (Å²) in [5.41, 5.74) is 2.96. The second kappa shape index (κ2) is 3.95. The van der Waals surface area contributed by atoms with E-state index < -0.39 is 0 Å². The molecule has 0 saturated carbocycles. The molecule has 1 aliphatic rings. The molecule has 1 nitrogen and oxygen atoms in total. The summed E-state index contributed by atoms with van der Waals surface area (Å²) in [6, 6.07) is 7.16. The first kappa shape index (κ1) is 10.1. The van der Waals surface area contributed by atoms with E-state index in [1.165, 1.54) is 24.1 Å². The maximum absolute atomic E-state index is 4.37. The van der Waals surface area contributed by atoms with Gasteiger partial charge in [0.2, 0.25) is 0 Å². The van der Waals surface area contributed by atoms with Gasteiger partial charge in [0.15, 0.2) is 0 Å². The zero-order valence-corrected chi connectivity index (χ0v) is 9.72. The van der Waals surface area contributed by atoms with Crippen LogP contribution < -0.4 is 0 Å². The Bertz CT molecular complexity index is 333. The third-order valence-electron chi connectivity index (χ3n) is 2.96. The number of benzene rings is 1. The average Bonchev–Trinajstić information content (AvgIpc) is 2.16. The molecule has 2 heteroatoms. The maximum Gasteiger partial charge on any atom is 0.0239 e. The van der Waals surface area contributed by atoms with Gasteiger partial charge >= 0.3 is 0 Å². The van der Waals surface area contributed by atoms with E-state index in [1.807, 2.05) is 0 Å². The van der Waals surface area contributed by atoms with E-state index in [9.17, 15) is 0 Å². The zero-order valence-electron chi connectivity index (χ0n) is 8.83. The van der Waals surface area contributed by atoms with Crippen LogP contribution in [0.2, 0.25) is 0 Å². The van der Waals surface area contributed by atoms with Crippen molar-refractivity contribution < 1.29 is 0 Å². The van der Waals surface area contributed by atoms with Crippen LogP contribution in [0, 0.1) is 0 Å². The SMILES string of the molecule is CC(C)N1CCc2cc(S)ccc2C1. The van der Waals surface area contributed by atoms with Crippen LogP contribution in [0.3, 0.4) is 0 Å². The molecule has 0 fully saturated rings. The fraction of sp³-hybridized carbons (Fsp3) is 0.500.